The van der Waals surface area contributed by atoms with Crippen molar-refractivity contribution in [1.82, 2.24) is 0 Å². The van der Waals surface area contributed by atoms with Crippen LogP contribution in [0.15, 0.2) is 0 Å². The zero-order valence-corrected chi connectivity index (χ0v) is 21.5. The number of hydrogen-bond donors (Lipinski definition) is 3. The standard InChI is InChI=1S/C26H50O8/c1-3-4-5-6-7-8-9-10-11-12-13-14-15-16-17-31-18-22(19-32-21(2)27)34-26-25(30)24(29)23(28)20-33-26/h22-26,28-30H,3-20H2,1-2H3/t22-,23-,24-,25+,26+/m1/s1. The minimum absolute atomic E-state index is 0.0424. The molecule has 3 N–H and O–H groups in total. The van der Waals surface area contributed by atoms with E-state index >= 15 is 0 Å². The summed E-state index contributed by atoms with van der Waals surface area (Å²) in [5, 5.41) is 29.4. The van der Waals surface area contributed by atoms with Gasteiger partial charge in [-0.2, -0.15) is 0 Å². The Morgan fingerprint density at radius 1 is 0.824 bits per heavy atom. The van der Waals surface area contributed by atoms with Crippen molar-refractivity contribution < 1.29 is 39.1 Å². The van der Waals surface area contributed by atoms with E-state index in [1.54, 1.807) is 0 Å². The van der Waals surface area contributed by atoms with Gasteiger partial charge in [-0.05, 0) is 6.42 Å². The minimum Gasteiger partial charge on any atom is -0.463 e. The Morgan fingerprint density at radius 3 is 1.88 bits per heavy atom. The molecule has 202 valence electrons. The van der Waals surface area contributed by atoms with Gasteiger partial charge < -0.3 is 34.3 Å². The summed E-state index contributed by atoms with van der Waals surface area (Å²) in [5.74, 6) is -0.443. The Kier molecular flexibility index (Phi) is 18.8. The van der Waals surface area contributed by atoms with Crippen LogP contribution in [-0.4, -0.2) is 78.4 Å². The molecule has 0 spiro atoms. The van der Waals surface area contributed by atoms with Crippen molar-refractivity contribution >= 4 is 5.97 Å². The average molecular weight is 491 g/mol. The molecule has 34 heavy (non-hydrogen) atoms. The van der Waals surface area contributed by atoms with Crippen LogP contribution >= 0.6 is 0 Å². The van der Waals surface area contributed by atoms with Crippen LogP contribution in [-0.2, 0) is 23.7 Å². The Hall–Kier alpha value is -0.770. The van der Waals surface area contributed by atoms with E-state index in [4.69, 9.17) is 18.9 Å². The second kappa shape index (κ2) is 20.4. The van der Waals surface area contributed by atoms with Crippen molar-refractivity contribution in [2.24, 2.45) is 0 Å². The third kappa shape index (κ3) is 15.3. The molecule has 0 aromatic heterocycles. The van der Waals surface area contributed by atoms with Gasteiger partial charge in [-0.15, -0.1) is 0 Å². The van der Waals surface area contributed by atoms with E-state index < -0.39 is 36.7 Å². The molecule has 0 aromatic carbocycles. The second-order valence-electron chi connectivity index (χ2n) is 9.48. The Balaban J connectivity index is 2.05. The molecule has 8 nitrogen and oxygen atoms in total. The van der Waals surface area contributed by atoms with Crippen molar-refractivity contribution in [1.29, 1.82) is 0 Å². The number of rotatable bonds is 21. The van der Waals surface area contributed by atoms with Crippen molar-refractivity contribution in [2.75, 3.05) is 26.4 Å². The number of aliphatic hydroxyl groups excluding tert-OH is 3. The van der Waals surface area contributed by atoms with Gasteiger partial charge in [0.25, 0.3) is 0 Å². The highest BCUT2D eigenvalue weighted by Gasteiger charge is 2.39. The van der Waals surface area contributed by atoms with Crippen LogP contribution < -0.4 is 0 Å². The lowest BCUT2D eigenvalue weighted by atomic mass is 10.0. The summed E-state index contributed by atoms with van der Waals surface area (Å²) < 4.78 is 21.6. The van der Waals surface area contributed by atoms with Gasteiger partial charge in [0.2, 0.25) is 0 Å². The average Bonchev–Trinajstić information content (AvgIpc) is 2.82. The van der Waals surface area contributed by atoms with E-state index in [1.807, 2.05) is 0 Å². The van der Waals surface area contributed by atoms with Gasteiger partial charge in [0.05, 0.1) is 13.2 Å². The molecule has 1 aliphatic heterocycles. The first-order valence-electron chi connectivity index (χ1n) is 13.5. The van der Waals surface area contributed by atoms with Gasteiger partial charge in [-0.3, -0.25) is 4.79 Å². The molecular weight excluding hydrogens is 440 g/mol. The van der Waals surface area contributed by atoms with Crippen LogP contribution in [0.2, 0.25) is 0 Å². The monoisotopic (exact) mass is 490 g/mol. The van der Waals surface area contributed by atoms with Crippen molar-refractivity contribution in [3.63, 3.8) is 0 Å². The fraction of sp³-hybridized carbons (Fsp3) is 0.962. The van der Waals surface area contributed by atoms with Gasteiger partial charge >= 0.3 is 5.97 Å². The van der Waals surface area contributed by atoms with Crippen LogP contribution in [0, 0.1) is 0 Å². The molecule has 8 heteroatoms. The number of esters is 1. The lowest BCUT2D eigenvalue weighted by Gasteiger charge is -2.36. The molecule has 1 aliphatic rings. The number of carbonyl (C=O) groups excluding carboxylic acids is 1. The molecule has 0 amide bonds. The molecule has 0 aliphatic carbocycles. The predicted molar refractivity (Wildman–Crippen MR) is 130 cm³/mol. The first-order chi connectivity index (χ1) is 16.5. The van der Waals surface area contributed by atoms with Crippen LogP contribution in [0.4, 0.5) is 0 Å². The molecule has 0 saturated carbocycles. The maximum atomic E-state index is 11.2. The largest absolute Gasteiger partial charge is 0.463 e. The first kappa shape index (κ1) is 31.3. The lowest BCUT2D eigenvalue weighted by molar-refractivity contribution is -0.288. The van der Waals surface area contributed by atoms with Crippen molar-refractivity contribution in [2.45, 2.75) is 134 Å². The lowest BCUT2D eigenvalue weighted by Crippen LogP contribution is -2.55. The van der Waals surface area contributed by atoms with Crippen LogP contribution in [0.3, 0.4) is 0 Å². The van der Waals surface area contributed by atoms with Gasteiger partial charge in [0.1, 0.15) is 31.0 Å². The number of aliphatic hydroxyl groups is 3. The molecule has 1 fully saturated rings. The van der Waals surface area contributed by atoms with E-state index in [9.17, 15) is 20.1 Å². The highest BCUT2D eigenvalue weighted by atomic mass is 16.7. The SMILES string of the molecule is CCCCCCCCCCCCCCCCOC[C@H](COC(C)=O)O[C@@H]1OC[C@@H](O)[C@@H](O)[C@@H]1O. The molecule has 0 aromatic rings. The Morgan fingerprint density at radius 2 is 1.35 bits per heavy atom. The van der Waals surface area contributed by atoms with Crippen molar-refractivity contribution in [3.05, 3.63) is 0 Å². The topological polar surface area (TPSA) is 115 Å². The van der Waals surface area contributed by atoms with Crippen LogP contribution in [0.25, 0.3) is 0 Å². The van der Waals surface area contributed by atoms with Crippen LogP contribution in [0.1, 0.15) is 104 Å². The molecule has 0 radical (unpaired) electrons. The summed E-state index contributed by atoms with van der Waals surface area (Å²) in [6.07, 6.45) is 12.5. The molecule has 1 saturated heterocycles. The van der Waals surface area contributed by atoms with E-state index in [1.165, 1.54) is 84.0 Å². The Labute approximate surface area is 206 Å². The first-order valence-corrected chi connectivity index (χ1v) is 13.5. The fourth-order valence-corrected chi connectivity index (χ4v) is 4.04. The molecule has 1 heterocycles. The summed E-state index contributed by atoms with van der Waals surface area (Å²) in [6.45, 7) is 4.12. The summed E-state index contributed by atoms with van der Waals surface area (Å²) in [5.41, 5.74) is 0. The fourth-order valence-electron chi connectivity index (χ4n) is 4.04. The van der Waals surface area contributed by atoms with Gasteiger partial charge in [-0.25, -0.2) is 0 Å². The highest BCUT2D eigenvalue weighted by molar-refractivity contribution is 5.65. The minimum atomic E-state index is -1.39. The van der Waals surface area contributed by atoms with E-state index in [0.29, 0.717) is 6.61 Å². The molecular formula is C26H50O8. The highest BCUT2D eigenvalue weighted by Crippen LogP contribution is 2.18. The Bertz CT molecular complexity index is 489. The third-order valence-corrected chi connectivity index (χ3v) is 6.20. The predicted octanol–water partition coefficient (Wildman–Crippen LogP) is 3.87. The quantitative estimate of drug-likeness (QED) is 0.164. The number of carbonyl (C=O) groups is 1. The summed E-state index contributed by atoms with van der Waals surface area (Å²) in [4.78, 5) is 11.2. The maximum Gasteiger partial charge on any atom is 0.302 e. The zero-order valence-electron chi connectivity index (χ0n) is 21.5. The van der Waals surface area contributed by atoms with Gasteiger partial charge in [-0.1, -0.05) is 90.4 Å². The number of unbranched alkanes of at least 4 members (excludes halogenated alkanes) is 13. The molecule has 0 unspecified atom stereocenters. The molecule has 0 bridgehead atoms. The summed E-state index contributed by atoms with van der Waals surface area (Å²) >= 11 is 0. The van der Waals surface area contributed by atoms with Gasteiger partial charge in [0.15, 0.2) is 6.29 Å². The van der Waals surface area contributed by atoms with E-state index in [0.717, 1.165) is 12.8 Å². The van der Waals surface area contributed by atoms with Crippen LogP contribution in [0.5, 0.6) is 0 Å². The number of hydrogen-bond acceptors (Lipinski definition) is 8. The van der Waals surface area contributed by atoms with Gasteiger partial charge in [0, 0.05) is 13.5 Å². The van der Waals surface area contributed by atoms with E-state index in [-0.39, 0.29) is 19.8 Å². The molecule has 1 rings (SSSR count). The zero-order chi connectivity index (χ0) is 25.0. The summed E-state index contributed by atoms with van der Waals surface area (Å²) in [6, 6.07) is 0. The van der Waals surface area contributed by atoms with E-state index in [2.05, 4.69) is 6.92 Å². The molecule has 5 atom stereocenters. The smallest absolute Gasteiger partial charge is 0.302 e. The third-order valence-electron chi connectivity index (χ3n) is 6.20. The summed E-state index contributed by atoms with van der Waals surface area (Å²) in [7, 11) is 0. The second-order valence-corrected chi connectivity index (χ2v) is 9.48. The normalized spacial score (nSPS) is 23.7. The maximum absolute atomic E-state index is 11.2. The number of ether oxygens (including phenoxy) is 4. The van der Waals surface area contributed by atoms with Crippen molar-refractivity contribution in [3.8, 4) is 0 Å².